The molecule has 0 aromatic carbocycles. The maximum atomic E-state index is 12.6. The lowest BCUT2D eigenvalue weighted by Gasteiger charge is -2.20. The van der Waals surface area contributed by atoms with Crippen LogP contribution in [-0.4, -0.2) is 65.7 Å². The molecule has 0 saturated heterocycles. The van der Waals surface area contributed by atoms with Crippen LogP contribution in [-0.2, 0) is 32.7 Å². The molecule has 346 valence electrons. The van der Waals surface area contributed by atoms with Crippen molar-refractivity contribution in [1.82, 2.24) is 0 Å². The van der Waals surface area contributed by atoms with Gasteiger partial charge in [-0.2, -0.15) is 0 Å². The number of hydrogen-bond acceptors (Lipinski definition) is 9. The van der Waals surface area contributed by atoms with Crippen LogP contribution in [0, 0.1) is 0 Å². The van der Waals surface area contributed by atoms with Gasteiger partial charge in [-0.1, -0.05) is 155 Å². The van der Waals surface area contributed by atoms with Gasteiger partial charge in [-0.25, -0.2) is 4.57 Å². The van der Waals surface area contributed by atoms with Gasteiger partial charge in [0.1, 0.15) is 12.7 Å². The molecule has 0 aliphatic rings. The zero-order valence-corrected chi connectivity index (χ0v) is 38.5. The second-order valence-electron chi connectivity index (χ2n) is 14.7. The third kappa shape index (κ3) is 44.5. The second kappa shape index (κ2) is 44.7. The third-order valence-electron chi connectivity index (χ3n) is 8.91. The Balaban J connectivity index is 4.48. The van der Waals surface area contributed by atoms with Gasteiger partial charge < -0.3 is 24.6 Å². The van der Waals surface area contributed by atoms with E-state index in [0.29, 0.717) is 12.8 Å². The van der Waals surface area contributed by atoms with Crippen molar-refractivity contribution in [3.8, 4) is 0 Å². The number of unbranched alkanes of at least 4 members (excludes halogenated alkanes) is 9. The summed E-state index contributed by atoms with van der Waals surface area (Å²) >= 11 is 0. The highest BCUT2D eigenvalue weighted by Gasteiger charge is 2.27. The SMILES string of the molecule is CCCCC/C=C/C/C=C/C/C=C/C/C=C/C/C=C/CCC(=O)O[C@H](COC(=O)CCCCC/C=C/C/C=C/C/C=C/C/C=C/CCCCC)COP(=O)(O)OC[C@@H](O)CO. The van der Waals surface area contributed by atoms with Crippen molar-refractivity contribution in [2.45, 2.75) is 167 Å². The van der Waals surface area contributed by atoms with Gasteiger partial charge in [-0.15, -0.1) is 0 Å². The number of allylic oxidation sites excluding steroid dienone is 18. The number of esters is 2. The van der Waals surface area contributed by atoms with Gasteiger partial charge in [0, 0.05) is 12.8 Å². The van der Waals surface area contributed by atoms with E-state index in [4.69, 9.17) is 19.1 Å². The molecule has 0 aliphatic heterocycles. The highest BCUT2D eigenvalue weighted by molar-refractivity contribution is 7.47. The first-order valence-corrected chi connectivity index (χ1v) is 24.3. The molecule has 0 aliphatic carbocycles. The average molecular weight is 873 g/mol. The number of rotatable bonds is 41. The minimum Gasteiger partial charge on any atom is -0.462 e. The highest BCUT2D eigenvalue weighted by atomic mass is 31.2. The second-order valence-corrected chi connectivity index (χ2v) is 16.2. The predicted molar refractivity (Wildman–Crippen MR) is 251 cm³/mol. The van der Waals surface area contributed by atoms with Crippen molar-refractivity contribution in [2.24, 2.45) is 0 Å². The number of aliphatic hydroxyl groups is 2. The van der Waals surface area contributed by atoms with E-state index in [1.54, 1.807) is 0 Å². The third-order valence-corrected chi connectivity index (χ3v) is 9.86. The van der Waals surface area contributed by atoms with Gasteiger partial charge in [0.25, 0.3) is 0 Å². The Kier molecular flexibility index (Phi) is 42.2. The summed E-state index contributed by atoms with van der Waals surface area (Å²) in [6.07, 6.45) is 56.4. The Morgan fingerprint density at radius 2 is 0.885 bits per heavy atom. The van der Waals surface area contributed by atoms with Crippen LogP contribution in [0.1, 0.15) is 155 Å². The van der Waals surface area contributed by atoms with E-state index >= 15 is 0 Å². The summed E-state index contributed by atoms with van der Waals surface area (Å²) in [5.74, 6) is -1.07. The summed E-state index contributed by atoms with van der Waals surface area (Å²) in [7, 11) is -4.66. The number of phosphoric ester groups is 1. The molecule has 3 N–H and O–H groups in total. The van der Waals surface area contributed by atoms with Crippen LogP contribution in [0.15, 0.2) is 109 Å². The van der Waals surface area contributed by atoms with E-state index in [0.717, 1.165) is 64.2 Å². The summed E-state index contributed by atoms with van der Waals surface area (Å²) in [6, 6.07) is 0. The molecule has 0 aromatic rings. The fourth-order valence-electron chi connectivity index (χ4n) is 5.37. The molecule has 0 aromatic heterocycles. The molecule has 0 radical (unpaired) electrons. The first kappa shape index (κ1) is 57.6. The van der Waals surface area contributed by atoms with Gasteiger partial charge in [-0.05, 0) is 96.3 Å². The minimum atomic E-state index is -4.66. The van der Waals surface area contributed by atoms with E-state index in [1.165, 1.54) is 51.4 Å². The van der Waals surface area contributed by atoms with Crippen molar-refractivity contribution in [3.63, 3.8) is 0 Å². The van der Waals surface area contributed by atoms with Crippen molar-refractivity contribution >= 4 is 19.8 Å². The van der Waals surface area contributed by atoms with E-state index in [1.807, 2.05) is 12.2 Å². The molecular weight excluding hydrogens is 792 g/mol. The summed E-state index contributed by atoms with van der Waals surface area (Å²) in [5.41, 5.74) is 0. The standard InChI is InChI=1S/C50H81O10P/c1-3-5-7-9-11-13-15-17-19-21-23-25-27-29-31-33-35-37-39-41-49(53)57-45-48(46-59-61(55,56)58-44-47(52)43-51)60-50(54)42-40-38-36-34-32-30-28-26-24-22-20-18-16-14-12-10-8-6-4-2/h11-14,17-20,23-26,29-32,36,38,47-48,51-52H,3-10,15-16,21-22,27-28,33-35,37,39-46H2,1-2H3,(H,55,56)/b13-11+,14-12+,19-17+,20-18+,25-23+,26-24+,31-29+,32-30+,38-36+/t47-,48+/m0/s1. The first-order valence-electron chi connectivity index (χ1n) is 22.8. The fraction of sp³-hybridized carbons (Fsp3) is 0.600. The van der Waals surface area contributed by atoms with E-state index < -0.39 is 51.8 Å². The van der Waals surface area contributed by atoms with Gasteiger partial charge in [0.2, 0.25) is 0 Å². The van der Waals surface area contributed by atoms with Crippen LogP contribution in [0.5, 0.6) is 0 Å². The molecule has 11 heteroatoms. The smallest absolute Gasteiger partial charge is 0.462 e. The topological polar surface area (TPSA) is 149 Å². The maximum absolute atomic E-state index is 12.6. The van der Waals surface area contributed by atoms with Crippen LogP contribution in [0.2, 0.25) is 0 Å². The van der Waals surface area contributed by atoms with Crippen LogP contribution in [0.25, 0.3) is 0 Å². The van der Waals surface area contributed by atoms with Crippen LogP contribution >= 0.6 is 7.82 Å². The number of phosphoric acid groups is 1. The minimum absolute atomic E-state index is 0.0466. The van der Waals surface area contributed by atoms with E-state index in [9.17, 15) is 24.2 Å². The highest BCUT2D eigenvalue weighted by Crippen LogP contribution is 2.43. The quantitative estimate of drug-likeness (QED) is 0.0235. The number of carbonyl (C=O) groups excluding carboxylic acids is 2. The molecule has 0 amide bonds. The molecule has 0 rings (SSSR count). The predicted octanol–water partition coefficient (Wildman–Crippen LogP) is 12.6. The first-order chi connectivity index (χ1) is 29.7. The zero-order valence-electron chi connectivity index (χ0n) is 37.6. The summed E-state index contributed by atoms with van der Waals surface area (Å²) in [4.78, 5) is 35.0. The normalized spacial score (nSPS) is 14.8. The monoisotopic (exact) mass is 873 g/mol. The van der Waals surface area contributed by atoms with Gasteiger partial charge in [0.05, 0.1) is 19.8 Å². The fourth-order valence-corrected chi connectivity index (χ4v) is 6.16. The van der Waals surface area contributed by atoms with Gasteiger partial charge in [-0.3, -0.25) is 18.6 Å². The summed E-state index contributed by atoms with van der Waals surface area (Å²) in [5, 5.41) is 18.4. The van der Waals surface area contributed by atoms with Crippen molar-refractivity contribution < 1.29 is 47.8 Å². The largest absolute Gasteiger partial charge is 0.472 e. The van der Waals surface area contributed by atoms with Crippen LogP contribution in [0.3, 0.4) is 0 Å². The Bertz CT molecular complexity index is 1370. The average Bonchev–Trinajstić information content (AvgIpc) is 3.25. The summed E-state index contributed by atoms with van der Waals surface area (Å²) < 4.78 is 32.6. The molecule has 0 heterocycles. The van der Waals surface area contributed by atoms with Crippen LogP contribution < -0.4 is 0 Å². The summed E-state index contributed by atoms with van der Waals surface area (Å²) in [6.45, 7) is 2.18. The molecule has 0 fully saturated rings. The van der Waals surface area contributed by atoms with Crippen molar-refractivity contribution in [3.05, 3.63) is 109 Å². The molecule has 0 bridgehead atoms. The van der Waals surface area contributed by atoms with E-state index in [2.05, 4.69) is 116 Å². The lowest BCUT2D eigenvalue weighted by atomic mass is 10.1. The van der Waals surface area contributed by atoms with Gasteiger partial charge in [0.15, 0.2) is 6.10 Å². The molecule has 61 heavy (non-hydrogen) atoms. The van der Waals surface area contributed by atoms with Crippen molar-refractivity contribution in [2.75, 3.05) is 26.4 Å². The van der Waals surface area contributed by atoms with E-state index in [-0.39, 0.29) is 19.4 Å². The lowest BCUT2D eigenvalue weighted by molar-refractivity contribution is -0.161. The Morgan fingerprint density at radius 3 is 1.31 bits per heavy atom. The zero-order chi connectivity index (χ0) is 44.8. The Labute approximate surface area is 369 Å². The Morgan fingerprint density at radius 1 is 0.492 bits per heavy atom. The molecular formula is C50H81O10P. The molecule has 1 unspecified atom stereocenters. The number of hydrogen-bond donors (Lipinski definition) is 3. The lowest BCUT2D eigenvalue weighted by Crippen LogP contribution is -2.29. The maximum Gasteiger partial charge on any atom is 0.472 e. The Hall–Kier alpha value is -3.37. The number of ether oxygens (including phenoxy) is 2. The van der Waals surface area contributed by atoms with Crippen LogP contribution in [0.4, 0.5) is 0 Å². The van der Waals surface area contributed by atoms with Gasteiger partial charge >= 0.3 is 19.8 Å². The molecule has 0 spiro atoms. The molecule has 0 saturated carbocycles. The molecule has 10 nitrogen and oxygen atoms in total. The van der Waals surface area contributed by atoms with Crippen molar-refractivity contribution in [1.29, 1.82) is 0 Å². The molecule has 3 atom stereocenters. The number of aliphatic hydroxyl groups excluding tert-OH is 2. The number of carbonyl (C=O) groups is 2.